The molecule has 0 bridgehead atoms. The number of aliphatic hydroxyl groups is 1. The Balaban J connectivity index is 1.78. The smallest absolute Gasteiger partial charge is 0.312 e. The van der Waals surface area contributed by atoms with E-state index in [1.807, 2.05) is 0 Å². The number of benzene rings is 3. The first-order valence-electron chi connectivity index (χ1n) is 24.5. The van der Waals surface area contributed by atoms with Crippen LogP contribution < -0.4 is 59.3 Å². The summed E-state index contributed by atoms with van der Waals surface area (Å²) in [7, 11) is 3.71. The predicted molar refractivity (Wildman–Crippen MR) is 287 cm³/mol. The highest BCUT2D eigenvalue weighted by Crippen LogP contribution is 2.24. The van der Waals surface area contributed by atoms with Crippen LogP contribution in [-0.4, -0.2) is 149 Å². The number of carbonyl (C=O) groups is 9. The average Bonchev–Trinajstić information content (AvgIpc) is 3.37. The highest BCUT2D eigenvalue weighted by molar-refractivity contribution is 8.76. The van der Waals surface area contributed by atoms with Gasteiger partial charge >= 0.3 is 6.03 Å². The van der Waals surface area contributed by atoms with Crippen LogP contribution >= 0.6 is 33.2 Å². The third kappa shape index (κ3) is 21.8. The molecule has 10 amide bonds. The van der Waals surface area contributed by atoms with Gasteiger partial charge in [-0.15, -0.1) is 0 Å². The topological polar surface area (TPSA) is 375 Å². The minimum absolute atomic E-state index is 0.0120. The molecule has 0 radical (unpaired) electrons. The van der Waals surface area contributed by atoms with E-state index in [-0.39, 0.29) is 74.5 Å². The van der Waals surface area contributed by atoms with Gasteiger partial charge in [0.1, 0.15) is 53.8 Å². The number of urea groups is 1. The Morgan fingerprint density at radius 1 is 0.684 bits per heavy atom. The summed E-state index contributed by atoms with van der Waals surface area (Å²) in [4.78, 5) is 124. The summed E-state index contributed by atoms with van der Waals surface area (Å²) in [5.41, 5.74) is 12.8. The first-order chi connectivity index (χ1) is 36.2. The average molecular weight is 1110 g/mol. The van der Waals surface area contributed by atoms with Crippen LogP contribution in [0.4, 0.5) is 4.79 Å². The molecule has 1 heterocycles. The Morgan fingerprint density at radius 2 is 1.24 bits per heavy atom. The van der Waals surface area contributed by atoms with Gasteiger partial charge in [-0.1, -0.05) is 69.6 Å². The van der Waals surface area contributed by atoms with Crippen molar-refractivity contribution in [3.8, 4) is 11.5 Å². The molecule has 76 heavy (non-hydrogen) atoms. The lowest BCUT2D eigenvalue weighted by molar-refractivity contribution is -0.136. The molecule has 1 aliphatic heterocycles. The number of primary amides is 2. The molecule has 3 aromatic carbocycles. The van der Waals surface area contributed by atoms with Crippen molar-refractivity contribution in [2.24, 2.45) is 11.5 Å². The van der Waals surface area contributed by atoms with Gasteiger partial charge in [0.2, 0.25) is 47.3 Å². The van der Waals surface area contributed by atoms with Crippen molar-refractivity contribution in [1.82, 2.24) is 47.9 Å². The number of amides is 10. The Bertz CT molecular complexity index is 2440. The molecule has 4 rings (SSSR count). The van der Waals surface area contributed by atoms with Gasteiger partial charge in [0.05, 0.1) is 6.10 Å². The number of carbonyl (C=O) groups excluding carboxylic acids is 9. The summed E-state index contributed by atoms with van der Waals surface area (Å²) in [6, 6.07) is 7.50. The Hall–Kier alpha value is -6.80. The van der Waals surface area contributed by atoms with Crippen LogP contribution in [0.5, 0.6) is 11.5 Å². The van der Waals surface area contributed by atoms with Crippen molar-refractivity contribution in [2.45, 2.75) is 113 Å². The van der Waals surface area contributed by atoms with E-state index >= 15 is 0 Å². The summed E-state index contributed by atoms with van der Waals surface area (Å²) >= 11 is 6.05. The highest BCUT2D eigenvalue weighted by atomic mass is 35.5. The molecular formula is C50H68ClN11O12S2. The molecule has 1 saturated heterocycles. The summed E-state index contributed by atoms with van der Waals surface area (Å²) in [6.07, 6.45) is -0.788. The fraction of sp³-hybridized carbons (Fsp3) is 0.460. The van der Waals surface area contributed by atoms with Gasteiger partial charge in [-0.25, -0.2) is 4.79 Å². The second-order valence-electron chi connectivity index (χ2n) is 18.0. The zero-order valence-corrected chi connectivity index (χ0v) is 44.5. The van der Waals surface area contributed by atoms with Crippen molar-refractivity contribution in [3.63, 3.8) is 0 Å². The van der Waals surface area contributed by atoms with Gasteiger partial charge in [0.25, 0.3) is 0 Å². The molecule has 0 saturated carbocycles. The van der Waals surface area contributed by atoms with Crippen molar-refractivity contribution in [1.29, 1.82) is 0 Å². The number of aliphatic hydroxyl groups excluding tert-OH is 1. The summed E-state index contributed by atoms with van der Waals surface area (Å²) < 4.78 is 0. The minimum atomic E-state index is -1.72. The number of phenolic OH excluding ortho intramolecular Hbond substituents is 2. The van der Waals surface area contributed by atoms with Crippen LogP contribution in [-0.2, 0) is 57.6 Å². The molecule has 26 heteroatoms. The SMILES string of the molecule is CNCCCC[C@@H]1NC(=O)[C@@H](CCCNC(N)=O)NC(=O)[C@H](Cc2ccc(O)cc2)NC(=O)[C@H](NC(=O)CCc2ccc(Cl)cc2)CSSC[C@@H](C(=O)N[C@H](Cc2ccc(O)cc2)C(N)=O)NC(=O)C(C(C)O)NC1=O. The van der Waals surface area contributed by atoms with E-state index in [0.717, 1.165) is 27.2 Å². The van der Waals surface area contributed by atoms with Crippen LogP contribution in [0.3, 0.4) is 0 Å². The Labute approximate surface area is 453 Å². The molecular weight excluding hydrogens is 1050 g/mol. The van der Waals surface area contributed by atoms with Crippen molar-refractivity contribution in [3.05, 3.63) is 94.5 Å². The third-order valence-electron chi connectivity index (χ3n) is 11.9. The number of aryl methyl sites for hydroxylation is 1. The largest absolute Gasteiger partial charge is 0.508 e. The molecule has 0 aliphatic carbocycles. The van der Waals surface area contributed by atoms with Crippen LogP contribution in [0, 0.1) is 0 Å². The van der Waals surface area contributed by atoms with Gasteiger partial charge in [0.15, 0.2) is 0 Å². The van der Waals surface area contributed by atoms with Gasteiger partial charge in [-0.05, 0) is 112 Å². The first kappa shape index (κ1) is 61.7. The third-order valence-corrected chi connectivity index (χ3v) is 14.6. The maximum atomic E-state index is 14.5. The zero-order valence-electron chi connectivity index (χ0n) is 42.1. The van der Waals surface area contributed by atoms with Gasteiger partial charge in [-0.2, -0.15) is 0 Å². The van der Waals surface area contributed by atoms with E-state index in [9.17, 15) is 58.5 Å². The first-order valence-corrected chi connectivity index (χ1v) is 27.4. The molecule has 414 valence electrons. The second kappa shape index (κ2) is 31.9. The van der Waals surface area contributed by atoms with E-state index in [0.29, 0.717) is 35.5 Å². The number of unbranched alkanes of at least 4 members (excludes halogenated alkanes) is 1. The van der Waals surface area contributed by atoms with E-state index in [1.54, 1.807) is 31.3 Å². The lowest BCUT2D eigenvalue weighted by Crippen LogP contribution is -2.62. The number of nitrogens with one attached hydrogen (secondary N) is 9. The standard InChI is InChI=1S/C50H68ClN11O12S2/c1-28(63)42-49(73)61-40(48(72)59-37(43(52)67)24-30-10-17-33(64)18-11-30)27-76-75-26-39(56-41(66)21-14-29-8-15-32(51)16-9-29)47(71)60-38(25-31-12-19-34(65)20-13-31)46(70)58-36(7-5-23-55-50(53)74)44(68)57-35(45(69)62-42)6-3-4-22-54-2/h8-13,15-20,28,35-40,42,54,63-65H,3-7,14,21-27H2,1-2H3,(H2,52,67)(H,56,66)(H,57,68)(H,58,70)(H,59,72)(H,60,71)(H,61,73)(H,62,69)(H3,53,55,74)/t28?,35-,36+,37+,38-,39+,40-,42?/m0/s1. The zero-order chi connectivity index (χ0) is 55.7. The maximum absolute atomic E-state index is 14.5. The molecule has 16 N–H and O–H groups in total. The van der Waals surface area contributed by atoms with Gasteiger partial charge < -0.3 is 74.6 Å². The lowest BCUT2D eigenvalue weighted by Gasteiger charge is -2.29. The molecule has 0 aromatic heterocycles. The molecule has 0 spiro atoms. The maximum Gasteiger partial charge on any atom is 0.312 e. The summed E-state index contributed by atoms with van der Waals surface area (Å²) in [5, 5.41) is 55.1. The van der Waals surface area contributed by atoms with Crippen LogP contribution in [0.25, 0.3) is 0 Å². The number of rotatable bonds is 21. The van der Waals surface area contributed by atoms with E-state index in [4.69, 9.17) is 23.1 Å². The number of halogens is 1. The van der Waals surface area contributed by atoms with Gasteiger partial charge in [0, 0.05) is 42.3 Å². The normalized spacial score (nSPS) is 21.0. The quantitative estimate of drug-likeness (QED) is 0.0480. The summed E-state index contributed by atoms with van der Waals surface area (Å²) in [6.45, 7) is 1.75. The molecule has 3 aromatic rings. The van der Waals surface area contributed by atoms with Crippen LogP contribution in [0.15, 0.2) is 72.8 Å². The number of hydrogen-bond acceptors (Lipinski definition) is 15. The number of phenols is 2. The van der Waals surface area contributed by atoms with Crippen molar-refractivity contribution < 1.29 is 58.5 Å². The molecule has 2 unspecified atom stereocenters. The summed E-state index contributed by atoms with van der Waals surface area (Å²) in [5.74, 6) is -7.43. The molecule has 23 nitrogen and oxygen atoms in total. The van der Waals surface area contributed by atoms with Crippen molar-refractivity contribution >= 4 is 86.5 Å². The lowest BCUT2D eigenvalue weighted by atomic mass is 10.0. The fourth-order valence-electron chi connectivity index (χ4n) is 7.66. The van der Waals surface area contributed by atoms with E-state index in [2.05, 4.69) is 47.9 Å². The Kier molecular flexibility index (Phi) is 25.9. The minimum Gasteiger partial charge on any atom is -0.508 e. The number of nitrogens with two attached hydrogens (primary N) is 2. The number of hydrogen-bond donors (Lipinski definition) is 14. The van der Waals surface area contributed by atoms with Gasteiger partial charge in [-0.3, -0.25) is 38.4 Å². The second-order valence-corrected chi connectivity index (χ2v) is 21.0. The predicted octanol–water partition coefficient (Wildman–Crippen LogP) is -0.338. The molecule has 1 aliphatic rings. The highest BCUT2D eigenvalue weighted by Gasteiger charge is 2.36. The van der Waals surface area contributed by atoms with Crippen molar-refractivity contribution in [2.75, 3.05) is 31.6 Å². The monoisotopic (exact) mass is 1110 g/mol. The Morgan fingerprint density at radius 3 is 1.83 bits per heavy atom. The molecule has 1 fully saturated rings. The number of aromatic hydroxyl groups is 2. The van der Waals surface area contributed by atoms with E-state index < -0.39 is 102 Å². The van der Waals surface area contributed by atoms with Crippen LogP contribution in [0.1, 0.15) is 62.1 Å². The van der Waals surface area contributed by atoms with Crippen LogP contribution in [0.2, 0.25) is 5.02 Å². The van der Waals surface area contributed by atoms with E-state index in [1.165, 1.54) is 55.5 Å². The fourth-order valence-corrected chi connectivity index (χ4v) is 10.1. The molecule has 8 atom stereocenters.